The summed E-state index contributed by atoms with van der Waals surface area (Å²) in [6.45, 7) is 0.414. The van der Waals surface area contributed by atoms with Crippen LogP contribution in [0.5, 0.6) is 0 Å². The minimum Gasteiger partial charge on any atom is -0.334 e. The van der Waals surface area contributed by atoms with Crippen LogP contribution in [0.3, 0.4) is 0 Å². The lowest BCUT2D eigenvalue weighted by molar-refractivity contribution is -0.202. The van der Waals surface area contributed by atoms with Crippen molar-refractivity contribution in [2.24, 2.45) is 5.92 Å². The van der Waals surface area contributed by atoms with Crippen molar-refractivity contribution < 1.29 is 18.0 Å². The molecule has 0 unspecified atom stereocenters. The van der Waals surface area contributed by atoms with Crippen LogP contribution in [0.1, 0.15) is 11.1 Å². The van der Waals surface area contributed by atoms with Gasteiger partial charge in [-0.1, -0.05) is 24.3 Å². The Hall–Kier alpha value is -2.51. The predicted octanol–water partition coefficient (Wildman–Crippen LogP) is 2.64. The zero-order valence-corrected chi connectivity index (χ0v) is 12.8. The fraction of sp³-hybridized carbons (Fsp3) is 0.375. The first kappa shape index (κ1) is 16.4. The molecule has 1 saturated heterocycles. The highest BCUT2D eigenvalue weighted by atomic mass is 19.4. The minimum absolute atomic E-state index is 0.268. The van der Waals surface area contributed by atoms with E-state index in [2.05, 4.69) is 10.3 Å². The van der Waals surface area contributed by atoms with Crippen LogP contribution in [0, 0.1) is 5.92 Å². The first-order valence-electron chi connectivity index (χ1n) is 7.55. The quantitative estimate of drug-likeness (QED) is 0.932. The first-order valence-corrected chi connectivity index (χ1v) is 7.55. The van der Waals surface area contributed by atoms with Crippen LogP contribution in [0.15, 0.2) is 43.0 Å². The molecule has 1 aliphatic heterocycles. The van der Waals surface area contributed by atoms with Gasteiger partial charge in [-0.3, -0.25) is 0 Å². The topological polar surface area (TPSA) is 50.2 Å². The summed E-state index contributed by atoms with van der Waals surface area (Å²) in [5.74, 6) is -1.40. The normalized spacial score (nSPS) is 15.2. The molecule has 2 aromatic rings. The van der Waals surface area contributed by atoms with Crippen molar-refractivity contribution in [2.75, 3.05) is 13.1 Å². The van der Waals surface area contributed by atoms with Crippen molar-refractivity contribution in [3.63, 3.8) is 0 Å². The zero-order chi connectivity index (χ0) is 17.2. The molecule has 0 saturated carbocycles. The third kappa shape index (κ3) is 3.87. The Morgan fingerprint density at radius 2 is 2.04 bits per heavy atom. The maximum atomic E-state index is 12.4. The molecule has 0 aliphatic carbocycles. The SMILES string of the molecule is O=C(NCc1cccc(Cn2ccnc2)c1)N1CC(C(F)(F)F)C1. The van der Waals surface area contributed by atoms with Crippen molar-refractivity contribution in [1.82, 2.24) is 19.8 Å². The van der Waals surface area contributed by atoms with Crippen molar-refractivity contribution >= 4 is 6.03 Å². The molecule has 1 aliphatic rings. The Kier molecular flexibility index (Phi) is 4.46. The summed E-state index contributed by atoms with van der Waals surface area (Å²) in [5, 5.41) is 2.66. The molecule has 3 rings (SSSR count). The fourth-order valence-electron chi connectivity index (χ4n) is 2.57. The van der Waals surface area contributed by atoms with E-state index in [4.69, 9.17) is 0 Å². The number of nitrogens with zero attached hydrogens (tertiary/aromatic N) is 3. The second kappa shape index (κ2) is 6.54. The van der Waals surface area contributed by atoms with Crippen LogP contribution in [0.2, 0.25) is 0 Å². The van der Waals surface area contributed by atoms with Crippen molar-refractivity contribution in [2.45, 2.75) is 19.3 Å². The van der Waals surface area contributed by atoms with E-state index in [-0.39, 0.29) is 19.6 Å². The van der Waals surface area contributed by atoms with E-state index in [1.165, 1.54) is 4.90 Å². The minimum atomic E-state index is -4.22. The van der Waals surface area contributed by atoms with Crippen LogP contribution >= 0.6 is 0 Å². The molecule has 24 heavy (non-hydrogen) atoms. The lowest BCUT2D eigenvalue weighted by Crippen LogP contribution is -2.58. The van der Waals surface area contributed by atoms with E-state index >= 15 is 0 Å². The number of carbonyl (C=O) groups excluding carboxylic acids is 1. The van der Waals surface area contributed by atoms with Crippen molar-refractivity contribution in [3.8, 4) is 0 Å². The van der Waals surface area contributed by atoms with E-state index in [0.29, 0.717) is 6.54 Å². The number of amides is 2. The Labute approximate surface area is 137 Å². The number of rotatable bonds is 4. The third-order valence-electron chi connectivity index (χ3n) is 3.99. The van der Waals surface area contributed by atoms with Crippen molar-refractivity contribution in [3.05, 3.63) is 54.1 Å². The molecule has 1 fully saturated rings. The van der Waals surface area contributed by atoms with Crippen LogP contribution < -0.4 is 5.32 Å². The number of benzene rings is 1. The van der Waals surface area contributed by atoms with Gasteiger partial charge in [-0.15, -0.1) is 0 Å². The van der Waals surface area contributed by atoms with Gasteiger partial charge in [-0.25, -0.2) is 9.78 Å². The molecular formula is C16H17F3N4O. The summed E-state index contributed by atoms with van der Waals surface area (Å²) >= 11 is 0. The molecule has 5 nitrogen and oxygen atoms in total. The van der Waals surface area contributed by atoms with Gasteiger partial charge in [-0.2, -0.15) is 13.2 Å². The zero-order valence-electron chi connectivity index (χ0n) is 12.8. The summed E-state index contributed by atoms with van der Waals surface area (Å²) in [7, 11) is 0. The summed E-state index contributed by atoms with van der Waals surface area (Å²) in [6.07, 6.45) is 1.05. The van der Waals surface area contributed by atoms with Gasteiger partial charge >= 0.3 is 12.2 Å². The number of likely N-dealkylation sites (tertiary alicyclic amines) is 1. The summed E-state index contributed by atoms with van der Waals surface area (Å²) in [5.41, 5.74) is 1.95. The number of carbonyl (C=O) groups is 1. The van der Waals surface area contributed by atoms with E-state index in [0.717, 1.165) is 11.1 Å². The molecule has 0 radical (unpaired) electrons. The van der Waals surface area contributed by atoms with E-state index in [1.807, 2.05) is 35.0 Å². The maximum absolute atomic E-state index is 12.4. The molecule has 2 amide bonds. The lowest BCUT2D eigenvalue weighted by atomic mass is 10.0. The summed E-state index contributed by atoms with van der Waals surface area (Å²) in [6, 6.07) is 7.21. The highest BCUT2D eigenvalue weighted by Gasteiger charge is 2.48. The molecular weight excluding hydrogens is 321 g/mol. The van der Waals surface area contributed by atoms with E-state index in [1.54, 1.807) is 12.5 Å². The van der Waals surface area contributed by atoms with Crippen LogP contribution in [-0.2, 0) is 13.1 Å². The molecule has 8 heteroatoms. The molecule has 0 spiro atoms. The highest BCUT2D eigenvalue weighted by molar-refractivity contribution is 5.75. The van der Waals surface area contributed by atoms with Crippen LogP contribution in [0.4, 0.5) is 18.0 Å². The van der Waals surface area contributed by atoms with Gasteiger partial charge < -0.3 is 14.8 Å². The predicted molar refractivity (Wildman–Crippen MR) is 81.1 cm³/mol. The highest BCUT2D eigenvalue weighted by Crippen LogP contribution is 2.33. The number of alkyl halides is 3. The fourth-order valence-corrected chi connectivity index (χ4v) is 2.57. The molecule has 0 atom stereocenters. The number of hydrogen-bond donors (Lipinski definition) is 1. The Bertz CT molecular complexity index is 694. The average molecular weight is 338 g/mol. The van der Waals surface area contributed by atoms with E-state index in [9.17, 15) is 18.0 Å². The van der Waals surface area contributed by atoms with Gasteiger partial charge in [0.1, 0.15) is 0 Å². The maximum Gasteiger partial charge on any atom is 0.395 e. The molecule has 1 aromatic heterocycles. The van der Waals surface area contributed by atoms with Crippen molar-refractivity contribution in [1.29, 1.82) is 0 Å². The first-order chi connectivity index (χ1) is 11.4. The summed E-state index contributed by atoms with van der Waals surface area (Å²) in [4.78, 5) is 17.0. The molecule has 1 N–H and O–H groups in total. The van der Waals surface area contributed by atoms with Gasteiger partial charge in [0.15, 0.2) is 0 Å². The molecule has 128 valence electrons. The second-order valence-corrected chi connectivity index (χ2v) is 5.86. The number of urea groups is 1. The lowest BCUT2D eigenvalue weighted by Gasteiger charge is -2.39. The molecule has 2 heterocycles. The van der Waals surface area contributed by atoms with Crippen LogP contribution in [0.25, 0.3) is 0 Å². The number of aromatic nitrogens is 2. The van der Waals surface area contributed by atoms with Gasteiger partial charge in [0.25, 0.3) is 0 Å². The average Bonchev–Trinajstić information content (AvgIpc) is 2.95. The van der Waals surface area contributed by atoms with Gasteiger partial charge in [0, 0.05) is 38.6 Å². The second-order valence-electron chi connectivity index (χ2n) is 5.86. The Morgan fingerprint density at radius 1 is 1.29 bits per heavy atom. The number of halogens is 3. The molecule has 1 aromatic carbocycles. The molecule has 0 bridgehead atoms. The van der Waals surface area contributed by atoms with Crippen LogP contribution in [-0.4, -0.2) is 39.7 Å². The number of hydrogen-bond acceptors (Lipinski definition) is 2. The van der Waals surface area contributed by atoms with E-state index < -0.39 is 18.1 Å². The monoisotopic (exact) mass is 338 g/mol. The third-order valence-corrected chi connectivity index (χ3v) is 3.99. The van der Waals surface area contributed by atoms with Gasteiger partial charge in [0.05, 0.1) is 12.2 Å². The largest absolute Gasteiger partial charge is 0.395 e. The standard InChI is InChI=1S/C16H17F3N4O/c17-16(18,19)14-9-23(10-14)15(24)21-7-12-2-1-3-13(6-12)8-22-5-4-20-11-22/h1-6,11,14H,7-10H2,(H,21,24). The Morgan fingerprint density at radius 3 is 2.71 bits per heavy atom. The number of nitrogens with one attached hydrogen (secondary N) is 1. The van der Waals surface area contributed by atoms with Gasteiger partial charge in [0.2, 0.25) is 0 Å². The summed E-state index contributed by atoms with van der Waals surface area (Å²) < 4.78 is 39.2. The number of imidazole rings is 1. The smallest absolute Gasteiger partial charge is 0.334 e. The Balaban J connectivity index is 1.49. The van der Waals surface area contributed by atoms with Gasteiger partial charge in [-0.05, 0) is 11.1 Å².